The van der Waals surface area contributed by atoms with Gasteiger partial charge < -0.3 is 10.1 Å². The molecule has 1 aromatic heterocycles. The molecule has 1 aromatic rings. The van der Waals surface area contributed by atoms with Crippen molar-refractivity contribution in [3.8, 4) is 0 Å². The van der Waals surface area contributed by atoms with Crippen molar-refractivity contribution < 1.29 is 9.53 Å². The largest absolute Gasteiger partial charge is 0.368 e. The van der Waals surface area contributed by atoms with Crippen molar-refractivity contribution in [3.63, 3.8) is 0 Å². The van der Waals surface area contributed by atoms with Crippen molar-refractivity contribution in [2.45, 2.75) is 59.1 Å². The Kier molecular flexibility index (Phi) is 5.17. The number of carbonyl (C=O) groups excluding carboxylic acids is 1. The van der Waals surface area contributed by atoms with E-state index in [1.807, 2.05) is 11.6 Å². The van der Waals surface area contributed by atoms with E-state index in [0.29, 0.717) is 13.2 Å². The smallest absolute Gasteiger partial charge is 0.249 e. The van der Waals surface area contributed by atoms with E-state index >= 15 is 0 Å². The summed E-state index contributed by atoms with van der Waals surface area (Å²) in [4.78, 5) is 12.0. The van der Waals surface area contributed by atoms with Crippen molar-refractivity contribution in [2.24, 2.45) is 0 Å². The molecule has 1 amide bonds. The topological polar surface area (TPSA) is 56.2 Å². The maximum absolute atomic E-state index is 12.0. The quantitative estimate of drug-likeness (QED) is 0.893. The SMILES string of the molecule is CCn1nc(C)c(CCNC(=O)C2CCCCO2)c1C. The first-order valence-corrected chi connectivity index (χ1v) is 7.55. The van der Waals surface area contributed by atoms with Gasteiger partial charge in [-0.25, -0.2) is 0 Å². The summed E-state index contributed by atoms with van der Waals surface area (Å²) < 4.78 is 7.49. The molecule has 0 saturated carbocycles. The number of hydrogen-bond acceptors (Lipinski definition) is 3. The first-order valence-electron chi connectivity index (χ1n) is 7.55. The zero-order valence-electron chi connectivity index (χ0n) is 12.7. The molecule has 1 atom stereocenters. The van der Waals surface area contributed by atoms with Crippen LogP contribution < -0.4 is 5.32 Å². The minimum atomic E-state index is -0.246. The lowest BCUT2D eigenvalue weighted by molar-refractivity contribution is -0.135. The van der Waals surface area contributed by atoms with Crippen LogP contribution in [0.25, 0.3) is 0 Å². The number of rotatable bonds is 5. The molecular formula is C15H25N3O2. The highest BCUT2D eigenvalue weighted by atomic mass is 16.5. The zero-order chi connectivity index (χ0) is 14.5. The highest BCUT2D eigenvalue weighted by Crippen LogP contribution is 2.14. The fourth-order valence-electron chi connectivity index (χ4n) is 2.78. The van der Waals surface area contributed by atoms with Crippen molar-refractivity contribution in [3.05, 3.63) is 17.0 Å². The van der Waals surface area contributed by atoms with Crippen LogP contribution >= 0.6 is 0 Å². The molecular weight excluding hydrogens is 254 g/mol. The van der Waals surface area contributed by atoms with E-state index < -0.39 is 0 Å². The lowest BCUT2D eigenvalue weighted by Crippen LogP contribution is -2.39. The van der Waals surface area contributed by atoms with Crippen LogP contribution in [0.15, 0.2) is 0 Å². The van der Waals surface area contributed by atoms with Gasteiger partial charge in [0.15, 0.2) is 0 Å². The average Bonchev–Trinajstić information content (AvgIpc) is 2.75. The lowest BCUT2D eigenvalue weighted by atomic mass is 10.1. The Balaban J connectivity index is 1.83. The minimum absolute atomic E-state index is 0.0305. The Morgan fingerprint density at radius 3 is 2.85 bits per heavy atom. The van der Waals surface area contributed by atoms with E-state index in [2.05, 4.69) is 24.3 Å². The fourth-order valence-corrected chi connectivity index (χ4v) is 2.78. The number of amides is 1. The number of hydrogen-bond donors (Lipinski definition) is 1. The lowest BCUT2D eigenvalue weighted by Gasteiger charge is -2.21. The van der Waals surface area contributed by atoms with Crippen LogP contribution in [0, 0.1) is 13.8 Å². The number of carbonyl (C=O) groups is 1. The summed E-state index contributed by atoms with van der Waals surface area (Å²) >= 11 is 0. The van der Waals surface area contributed by atoms with Gasteiger partial charge in [0.2, 0.25) is 5.91 Å². The summed E-state index contributed by atoms with van der Waals surface area (Å²) in [6.07, 6.45) is 3.58. The normalized spacial score (nSPS) is 19.1. The van der Waals surface area contributed by atoms with E-state index in [1.165, 1.54) is 11.3 Å². The maximum Gasteiger partial charge on any atom is 0.249 e. The van der Waals surface area contributed by atoms with Gasteiger partial charge in [-0.3, -0.25) is 9.48 Å². The van der Waals surface area contributed by atoms with E-state index in [-0.39, 0.29) is 12.0 Å². The summed E-state index contributed by atoms with van der Waals surface area (Å²) in [7, 11) is 0. The molecule has 1 saturated heterocycles. The van der Waals surface area contributed by atoms with Crippen molar-refractivity contribution in [1.29, 1.82) is 0 Å². The van der Waals surface area contributed by atoms with Gasteiger partial charge in [-0.1, -0.05) is 0 Å². The van der Waals surface area contributed by atoms with Gasteiger partial charge >= 0.3 is 0 Å². The monoisotopic (exact) mass is 279 g/mol. The molecule has 1 fully saturated rings. The molecule has 1 N–H and O–H groups in total. The van der Waals surface area contributed by atoms with E-state index in [4.69, 9.17) is 4.74 Å². The summed E-state index contributed by atoms with van der Waals surface area (Å²) in [6, 6.07) is 0. The van der Waals surface area contributed by atoms with Crippen molar-refractivity contribution >= 4 is 5.91 Å². The van der Waals surface area contributed by atoms with Crippen LogP contribution in [0.4, 0.5) is 0 Å². The molecule has 0 bridgehead atoms. The highest BCUT2D eigenvalue weighted by molar-refractivity contribution is 5.80. The van der Waals surface area contributed by atoms with Crippen LogP contribution in [0.1, 0.15) is 43.1 Å². The van der Waals surface area contributed by atoms with Crippen LogP contribution in [0.3, 0.4) is 0 Å². The molecule has 1 unspecified atom stereocenters. The molecule has 20 heavy (non-hydrogen) atoms. The number of aryl methyl sites for hydroxylation is 2. The van der Waals surface area contributed by atoms with Gasteiger partial charge in [0.25, 0.3) is 0 Å². The number of nitrogens with one attached hydrogen (secondary N) is 1. The molecule has 2 heterocycles. The molecule has 0 spiro atoms. The third kappa shape index (κ3) is 3.39. The van der Waals surface area contributed by atoms with Crippen LogP contribution in [-0.2, 0) is 22.5 Å². The first-order chi connectivity index (χ1) is 9.63. The van der Waals surface area contributed by atoms with Crippen molar-refractivity contribution in [1.82, 2.24) is 15.1 Å². The van der Waals surface area contributed by atoms with E-state index in [0.717, 1.165) is 37.9 Å². The first kappa shape index (κ1) is 15.0. The van der Waals surface area contributed by atoms with Gasteiger partial charge in [0.05, 0.1) is 5.69 Å². The predicted octanol–water partition coefficient (Wildman–Crippen LogP) is 1.75. The maximum atomic E-state index is 12.0. The highest BCUT2D eigenvalue weighted by Gasteiger charge is 2.21. The van der Waals surface area contributed by atoms with Crippen molar-refractivity contribution in [2.75, 3.05) is 13.2 Å². The third-order valence-electron chi connectivity index (χ3n) is 3.98. The number of ether oxygens (including phenoxy) is 1. The van der Waals surface area contributed by atoms with Gasteiger partial charge in [-0.15, -0.1) is 0 Å². The molecule has 0 aromatic carbocycles. The predicted molar refractivity (Wildman–Crippen MR) is 77.7 cm³/mol. The van der Waals surface area contributed by atoms with Crippen LogP contribution in [-0.4, -0.2) is 34.9 Å². The van der Waals surface area contributed by atoms with E-state index in [1.54, 1.807) is 0 Å². The third-order valence-corrected chi connectivity index (χ3v) is 3.98. The Labute approximate surface area is 120 Å². The average molecular weight is 279 g/mol. The molecule has 5 heteroatoms. The van der Waals surface area contributed by atoms with Crippen LogP contribution in [0.2, 0.25) is 0 Å². The summed E-state index contributed by atoms with van der Waals surface area (Å²) in [5.74, 6) is 0.0305. The number of nitrogens with zero attached hydrogens (tertiary/aromatic N) is 2. The zero-order valence-corrected chi connectivity index (χ0v) is 12.7. The fraction of sp³-hybridized carbons (Fsp3) is 0.733. The molecule has 112 valence electrons. The molecule has 5 nitrogen and oxygen atoms in total. The van der Waals surface area contributed by atoms with Gasteiger partial charge in [-0.05, 0) is 52.0 Å². The second kappa shape index (κ2) is 6.88. The van der Waals surface area contributed by atoms with Crippen LogP contribution in [0.5, 0.6) is 0 Å². The summed E-state index contributed by atoms with van der Waals surface area (Å²) in [5.41, 5.74) is 3.51. The Morgan fingerprint density at radius 1 is 1.45 bits per heavy atom. The minimum Gasteiger partial charge on any atom is -0.368 e. The molecule has 0 radical (unpaired) electrons. The van der Waals surface area contributed by atoms with Gasteiger partial charge in [-0.2, -0.15) is 5.10 Å². The summed E-state index contributed by atoms with van der Waals surface area (Å²) in [6.45, 7) is 8.45. The molecule has 1 aliphatic heterocycles. The Hall–Kier alpha value is -1.36. The molecule has 2 rings (SSSR count). The number of aromatic nitrogens is 2. The van der Waals surface area contributed by atoms with Gasteiger partial charge in [0.1, 0.15) is 6.10 Å². The standard InChI is InChI=1S/C15H25N3O2/c1-4-18-12(3)13(11(2)17-18)8-9-16-15(19)14-7-5-6-10-20-14/h14H,4-10H2,1-3H3,(H,16,19). The van der Waals surface area contributed by atoms with E-state index in [9.17, 15) is 4.79 Å². The second-order valence-corrected chi connectivity index (χ2v) is 5.36. The Morgan fingerprint density at radius 2 is 2.25 bits per heavy atom. The van der Waals surface area contributed by atoms with Gasteiger partial charge in [0, 0.05) is 25.4 Å². The molecule has 0 aliphatic carbocycles. The second-order valence-electron chi connectivity index (χ2n) is 5.36. The molecule has 1 aliphatic rings. The summed E-state index contributed by atoms with van der Waals surface area (Å²) in [5, 5.41) is 7.48. The Bertz CT molecular complexity index is 462.